The highest BCUT2D eigenvalue weighted by atomic mass is 16.7. The molecule has 3 aliphatic rings. The van der Waals surface area contributed by atoms with E-state index in [1.54, 1.807) is 35.3 Å². The molecule has 326 valence electrons. The number of amides is 1. The molecule has 4 aromatic carbocycles. The smallest absolute Gasteiger partial charge is 0.410 e. The highest BCUT2D eigenvalue weighted by Gasteiger charge is 2.65. The molecule has 1 aliphatic heterocycles. The summed E-state index contributed by atoms with van der Waals surface area (Å²) in [5.74, 6) is -0.487. The van der Waals surface area contributed by atoms with Crippen LogP contribution in [0.5, 0.6) is 17.2 Å². The fourth-order valence-electron chi connectivity index (χ4n) is 9.84. The van der Waals surface area contributed by atoms with Crippen molar-refractivity contribution in [3.8, 4) is 17.2 Å². The maximum Gasteiger partial charge on any atom is 0.410 e. The van der Waals surface area contributed by atoms with Crippen LogP contribution >= 0.6 is 0 Å². The van der Waals surface area contributed by atoms with Crippen LogP contribution in [-0.4, -0.2) is 78.6 Å². The largest absolute Gasteiger partial charge is 0.459 e. The molecule has 6 atom stereocenters. The van der Waals surface area contributed by atoms with Gasteiger partial charge in [-0.05, 0) is 96.2 Å². The van der Waals surface area contributed by atoms with Gasteiger partial charge in [-0.1, -0.05) is 90.8 Å². The van der Waals surface area contributed by atoms with Crippen LogP contribution in [0, 0.1) is 17.8 Å². The van der Waals surface area contributed by atoms with E-state index in [2.05, 4.69) is 37.4 Å². The zero-order chi connectivity index (χ0) is 43.5. The summed E-state index contributed by atoms with van der Waals surface area (Å²) in [4.78, 5) is 33.8. The molecule has 0 unspecified atom stereocenters. The minimum atomic E-state index is -1.47. The molecule has 2 aliphatic carbocycles. The summed E-state index contributed by atoms with van der Waals surface area (Å²) in [6.45, 7) is 8.50. The standard InChI is InChI=1S/C51H58N2O9/c1-4-6-28-59-50(57)53(33-38-19-14-18-36-16-7-8-21-41(36)38)47-32-45(52-58-3)43-30-37(17-9-11-25-54)42(22-10-12-26-55)48-44-31-40(61-39-20-13-15-35(29-39)34-56)23-24-46(44)62-51(47,49(43)48)60-27-5-2/h4-5,7-8,13-16,18-21,23-24,29-31,34,37,42,47-49,54-55H,1-2,6,9-12,17,22,25-28,32-33H2,3H3/t37-,42+,47-,48+,49+,51+/m0/s1. The van der Waals surface area contributed by atoms with Gasteiger partial charge in [-0.3, -0.25) is 9.69 Å². The molecule has 0 bridgehead atoms. The lowest BCUT2D eigenvalue weighted by Crippen LogP contribution is -2.70. The predicted molar refractivity (Wildman–Crippen MR) is 240 cm³/mol. The summed E-state index contributed by atoms with van der Waals surface area (Å²) < 4.78 is 27.0. The van der Waals surface area contributed by atoms with Crippen LogP contribution in [-0.2, 0) is 20.9 Å². The van der Waals surface area contributed by atoms with Crippen molar-refractivity contribution in [1.29, 1.82) is 0 Å². The number of ether oxygens (including phenoxy) is 4. The Bertz CT molecular complexity index is 2270. The number of hydrogen-bond donors (Lipinski definition) is 2. The lowest BCUT2D eigenvalue weighted by atomic mass is 9.55. The maximum absolute atomic E-state index is 14.8. The van der Waals surface area contributed by atoms with E-state index in [1.165, 1.54) is 7.11 Å². The Morgan fingerprint density at radius 3 is 2.48 bits per heavy atom. The molecule has 62 heavy (non-hydrogen) atoms. The van der Waals surface area contributed by atoms with Crippen molar-refractivity contribution < 1.29 is 43.6 Å². The zero-order valence-corrected chi connectivity index (χ0v) is 35.5. The average Bonchev–Trinajstić information content (AvgIpc) is 3.29. The molecule has 1 saturated carbocycles. The van der Waals surface area contributed by atoms with Gasteiger partial charge in [-0.25, -0.2) is 4.79 Å². The number of fused-ring (bicyclic) bond motifs is 3. The van der Waals surface area contributed by atoms with Crippen LogP contribution < -0.4 is 9.47 Å². The first kappa shape index (κ1) is 44.3. The van der Waals surface area contributed by atoms with E-state index >= 15 is 0 Å². The molecule has 0 saturated heterocycles. The summed E-state index contributed by atoms with van der Waals surface area (Å²) in [6.07, 6.45) is 11.2. The summed E-state index contributed by atoms with van der Waals surface area (Å²) in [5, 5.41) is 26.6. The fourth-order valence-corrected chi connectivity index (χ4v) is 9.84. The lowest BCUT2D eigenvalue weighted by molar-refractivity contribution is -0.256. The molecule has 2 N–H and O–H groups in total. The number of carbonyl (C=O) groups is 2. The van der Waals surface area contributed by atoms with E-state index in [1.807, 2.05) is 48.5 Å². The van der Waals surface area contributed by atoms with Gasteiger partial charge in [0.05, 0.1) is 31.4 Å². The zero-order valence-electron chi connectivity index (χ0n) is 35.5. The quantitative estimate of drug-likeness (QED) is 0.0364. The normalized spacial score (nSPS) is 23.0. The Balaban J connectivity index is 1.45. The van der Waals surface area contributed by atoms with Crippen molar-refractivity contribution in [3.05, 3.63) is 139 Å². The summed E-state index contributed by atoms with van der Waals surface area (Å²) in [7, 11) is 1.53. The number of benzene rings is 4. The molecule has 4 aromatic rings. The number of carbonyl (C=O) groups excluding carboxylic acids is 2. The summed E-state index contributed by atoms with van der Waals surface area (Å²) in [6, 6.07) is 26.2. The number of aliphatic hydroxyl groups is 2. The minimum Gasteiger partial charge on any atom is -0.459 e. The maximum atomic E-state index is 14.8. The van der Waals surface area contributed by atoms with Crippen LogP contribution in [0.25, 0.3) is 10.8 Å². The first-order valence-corrected chi connectivity index (χ1v) is 21.7. The van der Waals surface area contributed by atoms with E-state index in [0.29, 0.717) is 47.8 Å². The van der Waals surface area contributed by atoms with Crippen molar-refractivity contribution in [2.75, 3.05) is 33.5 Å². The van der Waals surface area contributed by atoms with E-state index in [0.717, 1.165) is 59.4 Å². The number of nitrogens with zero attached hydrogens (tertiary/aromatic N) is 2. The third kappa shape index (κ3) is 9.35. The molecule has 7 rings (SSSR count). The lowest BCUT2D eigenvalue weighted by Gasteiger charge is -2.59. The van der Waals surface area contributed by atoms with Gasteiger partial charge in [0.2, 0.25) is 5.79 Å². The van der Waals surface area contributed by atoms with Gasteiger partial charge < -0.3 is 34.0 Å². The van der Waals surface area contributed by atoms with Crippen molar-refractivity contribution in [3.63, 3.8) is 0 Å². The Morgan fingerprint density at radius 1 is 0.935 bits per heavy atom. The first-order valence-electron chi connectivity index (χ1n) is 21.7. The van der Waals surface area contributed by atoms with E-state index in [-0.39, 0.29) is 57.1 Å². The van der Waals surface area contributed by atoms with Crippen molar-refractivity contribution in [1.82, 2.24) is 4.90 Å². The van der Waals surface area contributed by atoms with Crippen molar-refractivity contribution in [2.24, 2.45) is 22.9 Å². The highest BCUT2D eigenvalue weighted by molar-refractivity contribution is 6.03. The SMILES string of the molecule is C=CCCOC(=O)N(Cc1cccc2ccccc12)[C@H]1CC(=NOC)C2=C[C@H](CCCCO)[C@@H](CCCCO)[C@@H]3c4cc(Oc5cccc(C=O)c5)ccc4O[C@@]1(OCC=C)[C@H]23. The van der Waals surface area contributed by atoms with Crippen LogP contribution in [0.4, 0.5) is 4.79 Å². The molecule has 0 spiro atoms. The predicted octanol–water partition coefficient (Wildman–Crippen LogP) is 9.92. The molecule has 0 radical (unpaired) electrons. The average molecular weight is 843 g/mol. The van der Waals surface area contributed by atoms with Gasteiger partial charge in [-0.2, -0.15) is 0 Å². The Labute approximate surface area is 364 Å². The number of hydrogen-bond acceptors (Lipinski definition) is 10. The third-order valence-corrected chi connectivity index (χ3v) is 12.5. The Hall–Kier alpha value is -5.75. The summed E-state index contributed by atoms with van der Waals surface area (Å²) in [5.41, 5.74) is 3.94. The monoisotopic (exact) mass is 842 g/mol. The third-order valence-electron chi connectivity index (χ3n) is 12.5. The summed E-state index contributed by atoms with van der Waals surface area (Å²) >= 11 is 0. The fraction of sp³-hybridized carbons (Fsp3) is 0.392. The first-order chi connectivity index (χ1) is 30.4. The molecular formula is C51H58N2O9. The molecular weight excluding hydrogens is 785 g/mol. The van der Waals surface area contributed by atoms with Gasteiger partial charge in [0.25, 0.3) is 0 Å². The highest BCUT2D eigenvalue weighted by Crippen LogP contribution is 2.62. The second kappa shape index (κ2) is 20.9. The van der Waals surface area contributed by atoms with Gasteiger partial charge in [0.1, 0.15) is 36.7 Å². The molecule has 0 aromatic heterocycles. The van der Waals surface area contributed by atoms with Crippen LogP contribution in [0.3, 0.4) is 0 Å². The van der Waals surface area contributed by atoms with E-state index in [9.17, 15) is 19.8 Å². The molecule has 11 nitrogen and oxygen atoms in total. The number of aliphatic hydroxyl groups excluding tert-OH is 2. The van der Waals surface area contributed by atoms with Crippen LogP contribution in [0.2, 0.25) is 0 Å². The van der Waals surface area contributed by atoms with Crippen molar-refractivity contribution >= 4 is 28.9 Å². The van der Waals surface area contributed by atoms with Gasteiger partial charge >= 0.3 is 6.09 Å². The second-order valence-corrected chi connectivity index (χ2v) is 16.2. The van der Waals surface area contributed by atoms with Gasteiger partial charge in [0.15, 0.2) is 0 Å². The second-order valence-electron chi connectivity index (χ2n) is 16.2. The Kier molecular flexibility index (Phi) is 14.9. The minimum absolute atomic E-state index is 0.0191. The van der Waals surface area contributed by atoms with E-state index in [4.69, 9.17) is 28.9 Å². The molecule has 11 heteroatoms. The van der Waals surface area contributed by atoms with Gasteiger partial charge in [-0.15, -0.1) is 13.2 Å². The van der Waals surface area contributed by atoms with Crippen LogP contribution in [0.15, 0.2) is 127 Å². The Morgan fingerprint density at radius 2 is 1.71 bits per heavy atom. The number of oxime groups is 1. The topological polar surface area (TPSA) is 136 Å². The molecule has 1 heterocycles. The van der Waals surface area contributed by atoms with Crippen molar-refractivity contribution in [2.45, 2.75) is 75.7 Å². The molecule has 1 fully saturated rings. The number of aldehydes is 1. The number of rotatable bonds is 21. The van der Waals surface area contributed by atoms with Gasteiger partial charge in [0, 0.05) is 36.7 Å². The number of unbranched alkanes of at least 4 members (excludes halogenated alkanes) is 2. The number of allylic oxidation sites excluding steroid dienone is 1. The van der Waals surface area contributed by atoms with E-state index < -0.39 is 23.8 Å². The molecule has 1 amide bonds. The van der Waals surface area contributed by atoms with Crippen LogP contribution in [0.1, 0.15) is 78.8 Å².